The molecule has 1 N–H and O–H groups in total. The highest BCUT2D eigenvalue weighted by Crippen LogP contribution is 2.23. The first kappa shape index (κ1) is 20.3. The van der Waals surface area contributed by atoms with Gasteiger partial charge in [-0.15, -0.1) is 0 Å². The van der Waals surface area contributed by atoms with Crippen molar-refractivity contribution < 1.29 is 17.6 Å². The fourth-order valence-electron chi connectivity index (χ4n) is 3.46. The maximum Gasteiger partial charge on any atom is 0.243 e. The number of oxazole rings is 1. The lowest BCUT2D eigenvalue weighted by atomic mass is 10.2. The Hall–Kier alpha value is -2.97. The molecule has 0 saturated carbocycles. The molecule has 1 aromatic heterocycles. The van der Waals surface area contributed by atoms with Crippen LogP contribution in [0, 0.1) is 0 Å². The second-order valence-electron chi connectivity index (χ2n) is 7.23. The van der Waals surface area contributed by atoms with Crippen LogP contribution in [-0.2, 0) is 21.2 Å². The molecule has 0 unspecified atom stereocenters. The Bertz CT molecular complexity index is 1120. The molecule has 3 aromatic rings. The van der Waals surface area contributed by atoms with Crippen LogP contribution in [0.5, 0.6) is 0 Å². The van der Waals surface area contributed by atoms with Gasteiger partial charge < -0.3 is 9.73 Å². The van der Waals surface area contributed by atoms with Gasteiger partial charge in [0.1, 0.15) is 6.26 Å². The second-order valence-corrected chi connectivity index (χ2v) is 9.17. The third-order valence-corrected chi connectivity index (χ3v) is 6.88. The van der Waals surface area contributed by atoms with Crippen molar-refractivity contribution in [2.45, 2.75) is 30.6 Å². The minimum Gasteiger partial charge on any atom is -0.444 e. The molecule has 1 amide bonds. The summed E-state index contributed by atoms with van der Waals surface area (Å²) in [6.45, 7) is 1.07. The maximum atomic E-state index is 12.8. The molecular weight excluding hydrogens is 402 g/mol. The summed E-state index contributed by atoms with van der Waals surface area (Å²) in [5.74, 6) is 0.156. The van der Waals surface area contributed by atoms with E-state index in [0.29, 0.717) is 30.4 Å². The molecule has 30 heavy (non-hydrogen) atoms. The number of nitrogens with one attached hydrogen (secondary N) is 1. The molecule has 4 rings (SSSR count). The molecule has 1 aliphatic rings. The number of hydrogen-bond acceptors (Lipinski definition) is 5. The molecule has 0 radical (unpaired) electrons. The molecule has 8 heteroatoms. The Labute approximate surface area is 175 Å². The van der Waals surface area contributed by atoms with E-state index in [1.165, 1.54) is 16.6 Å². The molecule has 1 fully saturated rings. The smallest absolute Gasteiger partial charge is 0.243 e. The lowest BCUT2D eigenvalue weighted by Crippen LogP contribution is -2.35. The van der Waals surface area contributed by atoms with Gasteiger partial charge in [-0.3, -0.25) is 4.79 Å². The lowest BCUT2D eigenvalue weighted by Gasteiger charge is -2.26. The van der Waals surface area contributed by atoms with Crippen molar-refractivity contribution in [3.63, 3.8) is 0 Å². The van der Waals surface area contributed by atoms with Gasteiger partial charge in [-0.25, -0.2) is 13.4 Å². The van der Waals surface area contributed by atoms with Gasteiger partial charge in [-0.05, 0) is 43.2 Å². The van der Waals surface area contributed by atoms with Crippen LogP contribution in [0.15, 0.2) is 70.2 Å². The number of aromatic nitrogens is 1. The van der Waals surface area contributed by atoms with E-state index in [1.54, 1.807) is 18.2 Å². The summed E-state index contributed by atoms with van der Waals surface area (Å²) in [5, 5.41) is 2.75. The number of amides is 1. The number of piperidine rings is 1. The number of anilines is 1. The molecule has 0 aliphatic carbocycles. The summed E-state index contributed by atoms with van der Waals surface area (Å²) in [6, 6.07) is 15.8. The average molecular weight is 426 g/mol. The summed E-state index contributed by atoms with van der Waals surface area (Å²) in [6.07, 6.45) is 4.28. The first-order chi connectivity index (χ1) is 14.5. The highest BCUT2D eigenvalue weighted by Gasteiger charge is 2.26. The molecule has 1 saturated heterocycles. The van der Waals surface area contributed by atoms with Gasteiger partial charge in [0.05, 0.1) is 17.0 Å². The van der Waals surface area contributed by atoms with Crippen molar-refractivity contribution in [3.05, 3.63) is 66.6 Å². The summed E-state index contributed by atoms with van der Waals surface area (Å²) in [7, 11) is -3.55. The van der Waals surface area contributed by atoms with Crippen LogP contribution in [0.4, 0.5) is 5.69 Å². The van der Waals surface area contributed by atoms with Crippen molar-refractivity contribution in [3.8, 4) is 11.5 Å². The first-order valence-corrected chi connectivity index (χ1v) is 11.4. The third-order valence-electron chi connectivity index (χ3n) is 4.98. The summed E-state index contributed by atoms with van der Waals surface area (Å²) in [5.41, 5.74) is 1.77. The van der Waals surface area contributed by atoms with Gasteiger partial charge >= 0.3 is 0 Å². The monoisotopic (exact) mass is 425 g/mol. The lowest BCUT2D eigenvalue weighted by molar-refractivity contribution is -0.115. The van der Waals surface area contributed by atoms with E-state index in [9.17, 15) is 13.2 Å². The normalized spacial score (nSPS) is 15.1. The summed E-state index contributed by atoms with van der Waals surface area (Å²) < 4.78 is 32.7. The van der Waals surface area contributed by atoms with Gasteiger partial charge in [-0.1, -0.05) is 30.7 Å². The summed E-state index contributed by atoms with van der Waals surface area (Å²) in [4.78, 5) is 17.0. The fourth-order valence-corrected chi connectivity index (χ4v) is 5.02. The van der Waals surface area contributed by atoms with Crippen LogP contribution in [0.3, 0.4) is 0 Å². The molecule has 0 bridgehead atoms. The van der Waals surface area contributed by atoms with E-state index in [4.69, 9.17) is 4.42 Å². The first-order valence-electron chi connectivity index (χ1n) is 9.92. The topological polar surface area (TPSA) is 92.5 Å². The number of sulfonamides is 1. The number of carbonyl (C=O) groups is 1. The number of benzene rings is 2. The molecule has 156 valence electrons. The van der Waals surface area contributed by atoms with Crippen molar-refractivity contribution >= 4 is 21.6 Å². The largest absolute Gasteiger partial charge is 0.444 e. The molecule has 0 spiro atoms. The van der Waals surface area contributed by atoms with E-state index in [0.717, 1.165) is 24.8 Å². The molecule has 2 heterocycles. The van der Waals surface area contributed by atoms with Gasteiger partial charge in [0, 0.05) is 24.3 Å². The van der Waals surface area contributed by atoms with E-state index < -0.39 is 10.0 Å². The van der Waals surface area contributed by atoms with Crippen molar-refractivity contribution in [2.24, 2.45) is 0 Å². The Morgan fingerprint density at radius 3 is 2.57 bits per heavy atom. The molecule has 0 atom stereocenters. The van der Waals surface area contributed by atoms with Crippen molar-refractivity contribution in [1.29, 1.82) is 0 Å². The number of carbonyl (C=O) groups excluding carboxylic acids is 1. The third kappa shape index (κ3) is 4.60. The van der Waals surface area contributed by atoms with Crippen LogP contribution in [0.2, 0.25) is 0 Å². The molecular formula is C22H23N3O4S. The quantitative estimate of drug-likeness (QED) is 0.650. The average Bonchev–Trinajstić information content (AvgIpc) is 3.23. The minimum atomic E-state index is -3.55. The maximum absolute atomic E-state index is 12.8. The fraction of sp³-hybridized carbons (Fsp3) is 0.273. The minimum absolute atomic E-state index is 0.0272. The van der Waals surface area contributed by atoms with Crippen LogP contribution < -0.4 is 5.32 Å². The Morgan fingerprint density at radius 1 is 1.03 bits per heavy atom. The molecule has 7 nitrogen and oxygen atoms in total. The van der Waals surface area contributed by atoms with Crippen LogP contribution in [0.25, 0.3) is 11.5 Å². The summed E-state index contributed by atoms with van der Waals surface area (Å²) >= 11 is 0. The van der Waals surface area contributed by atoms with Crippen LogP contribution >= 0.6 is 0 Å². The zero-order chi connectivity index (χ0) is 21.0. The number of nitrogens with zero attached hydrogens (tertiary/aromatic N) is 2. The van der Waals surface area contributed by atoms with Crippen molar-refractivity contribution in [2.75, 3.05) is 18.4 Å². The van der Waals surface area contributed by atoms with Crippen LogP contribution in [0.1, 0.15) is 25.0 Å². The second kappa shape index (κ2) is 8.81. The standard InChI is InChI=1S/C22H23N3O4S/c26-21(15-19-16-29-22(24-19)17-8-3-1-4-9-17)23-18-10-7-11-20(14-18)30(27,28)25-12-5-2-6-13-25/h1,3-4,7-11,14,16H,2,5-6,12-13,15H2,(H,23,26). The Kier molecular flexibility index (Phi) is 5.96. The Morgan fingerprint density at radius 2 is 1.80 bits per heavy atom. The molecule has 2 aromatic carbocycles. The van der Waals surface area contributed by atoms with Gasteiger partial charge in [0.25, 0.3) is 0 Å². The Balaban J connectivity index is 1.43. The molecule has 1 aliphatic heterocycles. The van der Waals surface area contributed by atoms with Crippen LogP contribution in [-0.4, -0.2) is 36.7 Å². The van der Waals surface area contributed by atoms with Gasteiger partial charge in [-0.2, -0.15) is 4.31 Å². The van der Waals surface area contributed by atoms with Crippen molar-refractivity contribution in [1.82, 2.24) is 9.29 Å². The van der Waals surface area contributed by atoms with E-state index in [-0.39, 0.29) is 17.2 Å². The van der Waals surface area contributed by atoms with E-state index >= 15 is 0 Å². The predicted octanol–water partition coefficient (Wildman–Crippen LogP) is 3.70. The number of rotatable bonds is 6. The highest BCUT2D eigenvalue weighted by molar-refractivity contribution is 7.89. The predicted molar refractivity (Wildman–Crippen MR) is 113 cm³/mol. The SMILES string of the molecule is O=C(Cc1coc(-c2ccccc2)n1)Nc1cccc(S(=O)(=O)N2CCCCC2)c1. The zero-order valence-electron chi connectivity index (χ0n) is 16.5. The van der Waals surface area contributed by atoms with E-state index in [1.807, 2.05) is 30.3 Å². The van der Waals surface area contributed by atoms with Gasteiger partial charge in [0.2, 0.25) is 21.8 Å². The zero-order valence-corrected chi connectivity index (χ0v) is 17.3. The highest BCUT2D eigenvalue weighted by atomic mass is 32.2. The number of hydrogen-bond donors (Lipinski definition) is 1. The van der Waals surface area contributed by atoms with E-state index in [2.05, 4.69) is 10.3 Å². The van der Waals surface area contributed by atoms with Gasteiger partial charge in [0.15, 0.2) is 0 Å².